The van der Waals surface area contributed by atoms with Crippen LogP contribution in [-0.2, 0) is 16.0 Å². The SMILES string of the molecule is CN[C@@H](Cc1cn(-c2ccccn2)c2ccccc12)C(=O)OC. The van der Waals surface area contributed by atoms with Crippen molar-refractivity contribution in [3.05, 3.63) is 60.4 Å². The van der Waals surface area contributed by atoms with Gasteiger partial charge in [0.25, 0.3) is 0 Å². The number of fused-ring (bicyclic) bond motifs is 1. The van der Waals surface area contributed by atoms with Gasteiger partial charge in [-0.05, 0) is 30.8 Å². The van der Waals surface area contributed by atoms with Crippen LogP contribution in [0.3, 0.4) is 0 Å². The van der Waals surface area contributed by atoms with E-state index < -0.39 is 0 Å². The number of aromatic nitrogens is 2. The lowest BCUT2D eigenvalue weighted by Crippen LogP contribution is -2.36. The van der Waals surface area contributed by atoms with Crippen LogP contribution in [0.2, 0.25) is 0 Å². The molecular formula is C18H19N3O2. The molecule has 0 spiro atoms. The number of methoxy groups -OCH3 is 1. The number of likely N-dealkylation sites (N-methyl/N-ethyl adjacent to an activating group) is 1. The van der Waals surface area contributed by atoms with Crippen LogP contribution in [0.1, 0.15) is 5.56 Å². The van der Waals surface area contributed by atoms with Crippen LogP contribution in [0.4, 0.5) is 0 Å². The number of hydrogen-bond acceptors (Lipinski definition) is 4. The van der Waals surface area contributed by atoms with Gasteiger partial charge in [0.15, 0.2) is 0 Å². The average molecular weight is 309 g/mol. The summed E-state index contributed by atoms with van der Waals surface area (Å²) in [5, 5.41) is 4.13. The summed E-state index contributed by atoms with van der Waals surface area (Å²) < 4.78 is 6.91. The molecule has 0 aliphatic rings. The lowest BCUT2D eigenvalue weighted by molar-refractivity contribution is -0.142. The first-order chi connectivity index (χ1) is 11.2. The fourth-order valence-corrected chi connectivity index (χ4v) is 2.76. The van der Waals surface area contributed by atoms with Gasteiger partial charge >= 0.3 is 5.97 Å². The first-order valence-electron chi connectivity index (χ1n) is 7.50. The van der Waals surface area contributed by atoms with Crippen LogP contribution in [0.15, 0.2) is 54.9 Å². The molecule has 5 nitrogen and oxygen atoms in total. The van der Waals surface area contributed by atoms with E-state index in [4.69, 9.17) is 4.74 Å². The fraction of sp³-hybridized carbons (Fsp3) is 0.222. The highest BCUT2D eigenvalue weighted by molar-refractivity contribution is 5.86. The van der Waals surface area contributed by atoms with Crippen molar-refractivity contribution in [2.24, 2.45) is 0 Å². The van der Waals surface area contributed by atoms with Crippen molar-refractivity contribution in [1.29, 1.82) is 0 Å². The van der Waals surface area contributed by atoms with Crippen molar-refractivity contribution < 1.29 is 9.53 Å². The highest BCUT2D eigenvalue weighted by atomic mass is 16.5. The van der Waals surface area contributed by atoms with Crippen LogP contribution in [0.25, 0.3) is 16.7 Å². The average Bonchev–Trinajstić information content (AvgIpc) is 2.98. The van der Waals surface area contributed by atoms with E-state index in [1.54, 1.807) is 13.2 Å². The Bertz CT molecular complexity index is 812. The molecule has 1 aromatic carbocycles. The fourth-order valence-electron chi connectivity index (χ4n) is 2.76. The Balaban J connectivity index is 2.06. The lowest BCUT2D eigenvalue weighted by Gasteiger charge is -2.12. The van der Waals surface area contributed by atoms with E-state index in [1.165, 1.54) is 7.11 Å². The molecule has 3 aromatic rings. The predicted octanol–water partition coefficient (Wildman–Crippen LogP) is 2.33. The van der Waals surface area contributed by atoms with Crippen molar-refractivity contribution in [2.75, 3.05) is 14.2 Å². The third-order valence-corrected chi connectivity index (χ3v) is 3.95. The third-order valence-electron chi connectivity index (χ3n) is 3.95. The Morgan fingerprint density at radius 2 is 2.04 bits per heavy atom. The Morgan fingerprint density at radius 3 is 2.74 bits per heavy atom. The Labute approximate surface area is 134 Å². The summed E-state index contributed by atoms with van der Waals surface area (Å²) in [7, 11) is 3.17. The second kappa shape index (κ2) is 6.62. The van der Waals surface area contributed by atoms with Crippen molar-refractivity contribution in [2.45, 2.75) is 12.5 Å². The van der Waals surface area contributed by atoms with Crippen LogP contribution >= 0.6 is 0 Å². The zero-order valence-electron chi connectivity index (χ0n) is 13.2. The van der Waals surface area contributed by atoms with Gasteiger partial charge in [0.2, 0.25) is 0 Å². The molecule has 23 heavy (non-hydrogen) atoms. The van der Waals surface area contributed by atoms with Gasteiger partial charge in [-0.1, -0.05) is 24.3 Å². The summed E-state index contributed by atoms with van der Waals surface area (Å²) in [6.07, 6.45) is 4.37. The van der Waals surface area contributed by atoms with Crippen molar-refractivity contribution >= 4 is 16.9 Å². The number of pyridine rings is 1. The normalized spacial score (nSPS) is 12.3. The first kappa shape index (κ1) is 15.2. The maximum atomic E-state index is 11.9. The van der Waals surface area contributed by atoms with Gasteiger partial charge in [-0.15, -0.1) is 0 Å². The molecule has 0 radical (unpaired) electrons. The second-order valence-electron chi connectivity index (χ2n) is 5.30. The number of nitrogens with one attached hydrogen (secondary N) is 1. The highest BCUT2D eigenvalue weighted by Gasteiger charge is 2.20. The summed E-state index contributed by atoms with van der Waals surface area (Å²) in [4.78, 5) is 16.3. The Hall–Kier alpha value is -2.66. The topological polar surface area (TPSA) is 56.2 Å². The predicted molar refractivity (Wildman–Crippen MR) is 89.6 cm³/mol. The van der Waals surface area contributed by atoms with Crippen molar-refractivity contribution in [3.8, 4) is 5.82 Å². The van der Waals surface area contributed by atoms with Gasteiger partial charge in [-0.2, -0.15) is 0 Å². The molecule has 0 aliphatic carbocycles. The third kappa shape index (κ3) is 2.96. The van der Waals surface area contributed by atoms with Gasteiger partial charge in [0.1, 0.15) is 11.9 Å². The van der Waals surface area contributed by atoms with E-state index in [2.05, 4.69) is 27.0 Å². The monoisotopic (exact) mass is 309 g/mol. The molecule has 0 aliphatic heterocycles. The minimum atomic E-state index is -0.372. The summed E-state index contributed by atoms with van der Waals surface area (Å²) in [6, 6.07) is 13.6. The number of esters is 1. The second-order valence-corrected chi connectivity index (χ2v) is 5.30. The van der Waals surface area contributed by atoms with E-state index in [9.17, 15) is 4.79 Å². The maximum absolute atomic E-state index is 11.9. The maximum Gasteiger partial charge on any atom is 0.323 e. The molecule has 0 saturated heterocycles. The minimum absolute atomic E-state index is 0.262. The molecule has 0 amide bonds. The van der Waals surface area contributed by atoms with Gasteiger partial charge in [0, 0.05) is 24.2 Å². The molecule has 2 aromatic heterocycles. The summed E-state index contributed by atoms with van der Waals surface area (Å²) in [6.45, 7) is 0. The number of carbonyl (C=O) groups is 1. The Morgan fingerprint density at radius 1 is 1.26 bits per heavy atom. The zero-order valence-corrected chi connectivity index (χ0v) is 13.2. The van der Waals surface area contributed by atoms with Gasteiger partial charge in [-0.25, -0.2) is 4.98 Å². The molecule has 0 unspecified atom stereocenters. The molecule has 118 valence electrons. The molecule has 1 N–H and O–H groups in total. The molecule has 0 saturated carbocycles. The molecular weight excluding hydrogens is 290 g/mol. The zero-order chi connectivity index (χ0) is 16.2. The summed E-state index contributed by atoms with van der Waals surface area (Å²) in [5.41, 5.74) is 2.15. The largest absolute Gasteiger partial charge is 0.468 e. The van der Waals surface area contributed by atoms with E-state index >= 15 is 0 Å². The number of para-hydroxylation sites is 1. The quantitative estimate of drug-likeness (QED) is 0.735. The Kier molecular flexibility index (Phi) is 4.39. The van der Waals surface area contributed by atoms with Crippen LogP contribution in [0, 0.1) is 0 Å². The van der Waals surface area contributed by atoms with E-state index in [1.807, 2.05) is 36.5 Å². The summed E-state index contributed by atoms with van der Waals surface area (Å²) >= 11 is 0. The van der Waals surface area contributed by atoms with E-state index in [0.717, 1.165) is 22.3 Å². The van der Waals surface area contributed by atoms with Crippen molar-refractivity contribution in [3.63, 3.8) is 0 Å². The summed E-state index contributed by atoms with van der Waals surface area (Å²) in [5.74, 6) is 0.594. The first-order valence-corrected chi connectivity index (χ1v) is 7.50. The van der Waals surface area contributed by atoms with Crippen molar-refractivity contribution in [1.82, 2.24) is 14.9 Å². The minimum Gasteiger partial charge on any atom is -0.468 e. The van der Waals surface area contributed by atoms with E-state index in [0.29, 0.717) is 6.42 Å². The number of nitrogens with zero attached hydrogens (tertiary/aromatic N) is 2. The van der Waals surface area contributed by atoms with Crippen LogP contribution < -0.4 is 5.32 Å². The number of rotatable bonds is 5. The van der Waals surface area contributed by atoms with Crippen LogP contribution in [0.5, 0.6) is 0 Å². The van der Waals surface area contributed by atoms with Gasteiger partial charge in [0.05, 0.1) is 12.6 Å². The molecule has 3 rings (SSSR count). The smallest absolute Gasteiger partial charge is 0.323 e. The standard InChI is InChI=1S/C18H19N3O2/c1-19-15(18(22)23-2)11-13-12-21(17-9-5-6-10-20-17)16-8-4-3-7-14(13)16/h3-10,12,15,19H,11H2,1-2H3/t15-/m0/s1. The van der Waals surface area contributed by atoms with Gasteiger partial charge in [-0.3, -0.25) is 4.79 Å². The van der Waals surface area contributed by atoms with Gasteiger partial charge < -0.3 is 14.6 Å². The number of hydrogen-bond donors (Lipinski definition) is 1. The highest BCUT2D eigenvalue weighted by Crippen LogP contribution is 2.25. The van der Waals surface area contributed by atoms with E-state index in [-0.39, 0.29) is 12.0 Å². The molecule has 0 bridgehead atoms. The number of carbonyl (C=O) groups excluding carboxylic acids is 1. The molecule has 0 fully saturated rings. The number of ether oxygens (including phenoxy) is 1. The lowest BCUT2D eigenvalue weighted by atomic mass is 10.1. The molecule has 1 atom stereocenters. The molecule has 2 heterocycles. The number of benzene rings is 1. The van der Waals surface area contributed by atoms with Crippen LogP contribution in [-0.4, -0.2) is 35.7 Å². The molecule has 5 heteroatoms.